The molecule has 0 saturated carbocycles. The van der Waals surface area contributed by atoms with Gasteiger partial charge in [-0.05, 0) is 61.0 Å². The number of sulfonamides is 1. The maximum atomic E-state index is 12.1. The first-order valence-corrected chi connectivity index (χ1v) is 13.6. The minimum atomic E-state index is -3.88. The molecule has 0 aliphatic heterocycles. The van der Waals surface area contributed by atoms with Crippen molar-refractivity contribution in [2.45, 2.75) is 11.8 Å². The summed E-state index contributed by atoms with van der Waals surface area (Å²) >= 11 is 0. The number of hydrogen-bond donors (Lipinski definition) is 3. The number of benzene rings is 3. The van der Waals surface area contributed by atoms with E-state index in [0.717, 1.165) is 16.1 Å². The number of fused-ring (bicyclic) bond motifs is 1. The number of aryl methyl sites for hydroxylation is 2. The summed E-state index contributed by atoms with van der Waals surface area (Å²) in [7, 11) is -0.289. The van der Waals surface area contributed by atoms with Crippen LogP contribution in [0.15, 0.2) is 83.9 Å². The van der Waals surface area contributed by atoms with Gasteiger partial charge in [0.1, 0.15) is 5.82 Å². The van der Waals surface area contributed by atoms with Gasteiger partial charge >= 0.3 is 6.09 Å². The Labute approximate surface area is 230 Å². The van der Waals surface area contributed by atoms with Crippen LogP contribution < -0.4 is 20.3 Å². The molecule has 2 aromatic heterocycles. The molecule has 0 atom stereocenters. The van der Waals surface area contributed by atoms with Crippen molar-refractivity contribution in [2.24, 2.45) is 12.2 Å². The molecule has 0 bridgehead atoms. The summed E-state index contributed by atoms with van der Waals surface area (Å²) in [5.41, 5.74) is 3.60. The summed E-state index contributed by atoms with van der Waals surface area (Å²) in [5.74, 6) is 1.08. The summed E-state index contributed by atoms with van der Waals surface area (Å²) in [4.78, 5) is 28.6. The number of hydrogen-bond acceptors (Lipinski definition) is 8. The van der Waals surface area contributed by atoms with Crippen LogP contribution in [0.4, 0.5) is 39.6 Å². The molecule has 5 aromatic rings. The number of amides is 1. The molecule has 0 saturated heterocycles. The predicted octanol–water partition coefficient (Wildman–Crippen LogP) is 4.65. The minimum absolute atomic E-state index is 0.0162. The zero-order valence-corrected chi connectivity index (χ0v) is 22.7. The molecule has 0 unspecified atom stereocenters. The zero-order valence-electron chi connectivity index (χ0n) is 21.8. The Morgan fingerprint density at radius 2 is 1.75 bits per heavy atom. The molecule has 13 heteroatoms. The quantitative estimate of drug-likeness (QED) is 0.258. The third-order valence-electron chi connectivity index (χ3n) is 6.37. The third-order valence-corrected chi connectivity index (χ3v) is 7.42. The van der Waals surface area contributed by atoms with Crippen LogP contribution in [-0.4, -0.2) is 46.2 Å². The normalized spacial score (nSPS) is 11.4. The minimum Gasteiger partial charge on any atom is -0.464 e. The molecule has 3 aromatic carbocycles. The smallest absolute Gasteiger partial charge is 0.418 e. The molecule has 5 rings (SSSR count). The molecule has 4 N–H and O–H groups in total. The van der Waals surface area contributed by atoms with E-state index in [0.29, 0.717) is 28.3 Å². The van der Waals surface area contributed by atoms with Crippen LogP contribution in [0, 0.1) is 6.92 Å². The van der Waals surface area contributed by atoms with Gasteiger partial charge in [0.2, 0.25) is 21.9 Å². The number of carbonyl (C=O) groups is 1. The lowest BCUT2D eigenvalue weighted by molar-refractivity contribution is 0.204. The second-order valence-corrected chi connectivity index (χ2v) is 10.6. The lowest BCUT2D eigenvalue weighted by Gasteiger charge is -2.19. The lowest BCUT2D eigenvalue weighted by atomic mass is 10.2. The fourth-order valence-corrected chi connectivity index (χ4v) is 5.12. The van der Waals surface area contributed by atoms with E-state index in [1.807, 2.05) is 36.2 Å². The largest absolute Gasteiger partial charge is 0.464 e. The summed E-state index contributed by atoms with van der Waals surface area (Å²) in [6.45, 7) is 1.66. The van der Waals surface area contributed by atoms with E-state index in [1.165, 1.54) is 6.07 Å². The van der Waals surface area contributed by atoms with Crippen LogP contribution in [0.1, 0.15) is 5.56 Å². The monoisotopic (exact) mass is 558 g/mol. The Balaban J connectivity index is 1.45. The number of aromatic nitrogens is 4. The van der Waals surface area contributed by atoms with Crippen molar-refractivity contribution in [2.75, 3.05) is 22.2 Å². The van der Waals surface area contributed by atoms with Crippen LogP contribution in [0.3, 0.4) is 0 Å². The summed E-state index contributed by atoms with van der Waals surface area (Å²) in [6, 6.07) is 20.9. The van der Waals surface area contributed by atoms with E-state index in [1.54, 1.807) is 67.2 Å². The van der Waals surface area contributed by atoms with Gasteiger partial charge in [0.15, 0.2) is 0 Å². The van der Waals surface area contributed by atoms with Crippen LogP contribution in [0.5, 0.6) is 0 Å². The average Bonchev–Trinajstić information content (AvgIpc) is 3.24. The van der Waals surface area contributed by atoms with Gasteiger partial charge in [0.05, 0.1) is 21.6 Å². The fraction of sp³-hybridized carbons (Fsp3) is 0.111. The topological polar surface area (TPSA) is 160 Å². The molecule has 0 aliphatic carbocycles. The average molecular weight is 559 g/mol. The van der Waals surface area contributed by atoms with Crippen LogP contribution in [0.2, 0.25) is 0 Å². The SMILES string of the molecule is Cc1ccc(Nc2nccc(N(C)c3ccc4c(c3)nc(N(C(=O)O)c3ccccc3)n4C)n2)cc1S(N)(=O)=O. The zero-order chi connectivity index (χ0) is 28.6. The maximum Gasteiger partial charge on any atom is 0.418 e. The molecular formula is C27H26N8O4S. The van der Waals surface area contributed by atoms with Crippen molar-refractivity contribution in [1.29, 1.82) is 0 Å². The van der Waals surface area contributed by atoms with Crippen LogP contribution >= 0.6 is 0 Å². The molecule has 0 radical (unpaired) electrons. The highest BCUT2D eigenvalue weighted by atomic mass is 32.2. The van der Waals surface area contributed by atoms with Crippen molar-refractivity contribution >= 4 is 61.9 Å². The molecule has 0 spiro atoms. The van der Waals surface area contributed by atoms with Gasteiger partial charge in [-0.15, -0.1) is 0 Å². The van der Waals surface area contributed by atoms with Crippen molar-refractivity contribution in [3.8, 4) is 0 Å². The summed E-state index contributed by atoms with van der Waals surface area (Å²) in [5, 5.41) is 18.3. The van der Waals surface area contributed by atoms with E-state index in [2.05, 4.69) is 20.3 Å². The highest BCUT2D eigenvalue weighted by Gasteiger charge is 2.23. The van der Waals surface area contributed by atoms with E-state index < -0.39 is 16.1 Å². The molecule has 2 heterocycles. The van der Waals surface area contributed by atoms with Gasteiger partial charge in [0.25, 0.3) is 0 Å². The highest BCUT2D eigenvalue weighted by Crippen LogP contribution is 2.31. The molecule has 0 fully saturated rings. The molecular weight excluding hydrogens is 532 g/mol. The highest BCUT2D eigenvalue weighted by molar-refractivity contribution is 7.89. The number of anilines is 6. The molecule has 0 aliphatic rings. The first-order chi connectivity index (χ1) is 19.0. The maximum absolute atomic E-state index is 12.1. The summed E-state index contributed by atoms with van der Waals surface area (Å²) in [6.07, 6.45) is 0.436. The summed E-state index contributed by atoms with van der Waals surface area (Å²) < 4.78 is 25.5. The van der Waals surface area contributed by atoms with E-state index in [4.69, 9.17) is 5.14 Å². The number of para-hydroxylation sites is 1. The molecule has 12 nitrogen and oxygen atoms in total. The van der Waals surface area contributed by atoms with Gasteiger partial charge in [0, 0.05) is 31.7 Å². The molecule has 40 heavy (non-hydrogen) atoms. The van der Waals surface area contributed by atoms with Gasteiger partial charge in [-0.25, -0.2) is 33.2 Å². The van der Waals surface area contributed by atoms with E-state index in [9.17, 15) is 18.3 Å². The number of nitrogens with two attached hydrogens (primary N) is 1. The Morgan fingerprint density at radius 1 is 1.00 bits per heavy atom. The number of rotatable bonds is 7. The van der Waals surface area contributed by atoms with Crippen LogP contribution in [0.25, 0.3) is 11.0 Å². The Bertz CT molecular complexity index is 1840. The first kappa shape index (κ1) is 26.6. The van der Waals surface area contributed by atoms with E-state index >= 15 is 0 Å². The standard InChI is InChI=1S/C27H26N8O4S/c1-17-9-10-18(15-23(17)40(28,38)39)30-25-29-14-13-24(32-25)33(2)20-11-12-22-21(16-20)31-26(34(22)3)35(27(36)37)19-7-5-4-6-8-19/h4-16H,1-3H3,(H,36,37)(H2,28,38,39)(H,29,30,32). The second-order valence-electron chi connectivity index (χ2n) is 9.05. The second kappa shape index (κ2) is 10.3. The number of nitrogens with zero attached hydrogens (tertiary/aromatic N) is 6. The van der Waals surface area contributed by atoms with Crippen molar-refractivity contribution < 1.29 is 18.3 Å². The van der Waals surface area contributed by atoms with E-state index in [-0.39, 0.29) is 16.8 Å². The van der Waals surface area contributed by atoms with Gasteiger partial charge < -0.3 is 19.9 Å². The molecule has 1 amide bonds. The number of nitrogens with one attached hydrogen (secondary N) is 1. The number of carboxylic acid groups (broad SMARTS) is 1. The van der Waals surface area contributed by atoms with Crippen molar-refractivity contribution in [3.63, 3.8) is 0 Å². The first-order valence-electron chi connectivity index (χ1n) is 12.0. The lowest BCUT2D eigenvalue weighted by Crippen LogP contribution is -2.26. The number of primary sulfonamides is 1. The van der Waals surface area contributed by atoms with Crippen molar-refractivity contribution in [3.05, 3.63) is 84.6 Å². The van der Waals surface area contributed by atoms with Gasteiger partial charge in [-0.2, -0.15) is 4.98 Å². The predicted molar refractivity (Wildman–Crippen MR) is 153 cm³/mol. The fourth-order valence-electron chi connectivity index (χ4n) is 4.31. The number of imidazole rings is 1. The van der Waals surface area contributed by atoms with Gasteiger partial charge in [-0.3, -0.25) is 0 Å². The van der Waals surface area contributed by atoms with Crippen molar-refractivity contribution in [1.82, 2.24) is 19.5 Å². The Kier molecular flexibility index (Phi) is 6.83. The molecule has 204 valence electrons. The third kappa shape index (κ3) is 5.15. The Morgan fingerprint density at radius 3 is 2.45 bits per heavy atom. The van der Waals surface area contributed by atoms with Gasteiger partial charge in [-0.1, -0.05) is 24.3 Å². The van der Waals surface area contributed by atoms with Crippen LogP contribution in [-0.2, 0) is 17.1 Å². The Hall–Kier alpha value is -5.01.